The fraction of sp³-hybridized carbons (Fsp3) is 0.389. The third-order valence-corrected chi connectivity index (χ3v) is 4.37. The maximum absolute atomic E-state index is 12.0. The van der Waals surface area contributed by atoms with Crippen molar-refractivity contribution in [1.82, 2.24) is 10.6 Å². The van der Waals surface area contributed by atoms with Crippen molar-refractivity contribution >= 4 is 16.8 Å². The zero-order chi connectivity index (χ0) is 15.4. The number of carbonyl (C=O) groups is 1. The summed E-state index contributed by atoms with van der Waals surface area (Å²) >= 11 is 0. The van der Waals surface area contributed by atoms with Gasteiger partial charge < -0.3 is 15.7 Å². The molecule has 2 atom stereocenters. The summed E-state index contributed by atoms with van der Waals surface area (Å²) in [4.78, 5) is 12.0. The van der Waals surface area contributed by atoms with Crippen molar-refractivity contribution in [3.05, 3.63) is 48.0 Å². The molecular weight excluding hydrogens is 276 g/mol. The lowest BCUT2D eigenvalue weighted by Gasteiger charge is -2.28. The number of hydrogen-bond acceptors (Lipinski definition) is 2. The van der Waals surface area contributed by atoms with E-state index in [0.717, 1.165) is 36.6 Å². The minimum absolute atomic E-state index is 0.124. The van der Waals surface area contributed by atoms with Gasteiger partial charge in [-0.15, -0.1) is 0 Å². The van der Waals surface area contributed by atoms with Crippen LogP contribution in [0, 0.1) is 0 Å². The molecule has 1 saturated carbocycles. The Balaban J connectivity index is 1.60. The van der Waals surface area contributed by atoms with Gasteiger partial charge in [0.1, 0.15) is 0 Å². The van der Waals surface area contributed by atoms with E-state index in [1.165, 1.54) is 5.39 Å². The first-order valence-electron chi connectivity index (χ1n) is 7.93. The first-order chi connectivity index (χ1) is 10.7. The van der Waals surface area contributed by atoms with Crippen LogP contribution in [0.4, 0.5) is 4.79 Å². The van der Waals surface area contributed by atoms with Gasteiger partial charge in [-0.25, -0.2) is 4.79 Å². The van der Waals surface area contributed by atoms with Gasteiger partial charge in [0.05, 0.1) is 12.1 Å². The Morgan fingerprint density at radius 1 is 1.09 bits per heavy atom. The van der Waals surface area contributed by atoms with Crippen LogP contribution in [0.5, 0.6) is 0 Å². The highest BCUT2D eigenvalue weighted by Crippen LogP contribution is 2.19. The molecule has 22 heavy (non-hydrogen) atoms. The van der Waals surface area contributed by atoms with Crippen molar-refractivity contribution in [3.8, 4) is 0 Å². The minimum atomic E-state index is -0.419. The summed E-state index contributed by atoms with van der Waals surface area (Å²) in [5.41, 5.74) is 1.09. The summed E-state index contributed by atoms with van der Waals surface area (Å²) in [6.45, 7) is 0.482. The Kier molecular flexibility index (Phi) is 4.59. The van der Waals surface area contributed by atoms with E-state index in [2.05, 4.69) is 28.8 Å². The summed E-state index contributed by atoms with van der Waals surface area (Å²) in [5.74, 6) is 0. The molecule has 2 aromatic rings. The third kappa shape index (κ3) is 3.39. The minimum Gasteiger partial charge on any atom is -0.391 e. The molecule has 1 aliphatic rings. The van der Waals surface area contributed by atoms with Crippen LogP contribution < -0.4 is 10.6 Å². The molecule has 1 aliphatic carbocycles. The second kappa shape index (κ2) is 6.79. The van der Waals surface area contributed by atoms with Gasteiger partial charge in [0.15, 0.2) is 0 Å². The van der Waals surface area contributed by atoms with E-state index in [-0.39, 0.29) is 12.1 Å². The quantitative estimate of drug-likeness (QED) is 0.816. The monoisotopic (exact) mass is 298 g/mol. The number of amides is 2. The fourth-order valence-corrected chi connectivity index (χ4v) is 3.12. The van der Waals surface area contributed by atoms with Crippen LogP contribution in [-0.4, -0.2) is 23.3 Å². The SMILES string of the molecule is O=C(NCc1cccc2ccccc12)NC1CCCCC1O. The Morgan fingerprint density at radius 2 is 1.86 bits per heavy atom. The first kappa shape index (κ1) is 14.9. The highest BCUT2D eigenvalue weighted by Gasteiger charge is 2.24. The number of hydrogen-bond donors (Lipinski definition) is 3. The molecule has 0 saturated heterocycles. The second-order valence-corrected chi connectivity index (χ2v) is 5.92. The third-order valence-electron chi connectivity index (χ3n) is 4.37. The van der Waals surface area contributed by atoms with E-state index >= 15 is 0 Å². The van der Waals surface area contributed by atoms with Crippen molar-refractivity contribution in [2.75, 3.05) is 0 Å². The molecule has 0 bridgehead atoms. The van der Waals surface area contributed by atoms with Gasteiger partial charge in [-0.3, -0.25) is 0 Å². The molecule has 3 N–H and O–H groups in total. The van der Waals surface area contributed by atoms with E-state index in [4.69, 9.17) is 0 Å². The summed E-state index contributed by atoms with van der Waals surface area (Å²) in [7, 11) is 0. The number of fused-ring (bicyclic) bond motifs is 1. The largest absolute Gasteiger partial charge is 0.391 e. The number of urea groups is 1. The first-order valence-corrected chi connectivity index (χ1v) is 7.93. The van der Waals surface area contributed by atoms with Gasteiger partial charge in [0.2, 0.25) is 0 Å². The molecule has 2 unspecified atom stereocenters. The van der Waals surface area contributed by atoms with Crippen LogP contribution >= 0.6 is 0 Å². The highest BCUT2D eigenvalue weighted by molar-refractivity contribution is 5.86. The topological polar surface area (TPSA) is 61.4 Å². The molecule has 2 aromatic carbocycles. The lowest BCUT2D eigenvalue weighted by atomic mass is 9.93. The molecule has 116 valence electrons. The summed E-state index contributed by atoms with van der Waals surface area (Å²) in [6, 6.07) is 13.9. The summed E-state index contributed by atoms with van der Waals surface area (Å²) in [5, 5.41) is 18.0. The van der Waals surface area contributed by atoms with Gasteiger partial charge in [-0.05, 0) is 29.2 Å². The van der Waals surface area contributed by atoms with Crippen LogP contribution in [0.15, 0.2) is 42.5 Å². The summed E-state index contributed by atoms with van der Waals surface area (Å²) in [6.07, 6.45) is 3.30. The maximum atomic E-state index is 12.0. The summed E-state index contributed by atoms with van der Waals surface area (Å²) < 4.78 is 0. The lowest BCUT2D eigenvalue weighted by molar-refractivity contribution is 0.0943. The van der Waals surface area contributed by atoms with Crippen molar-refractivity contribution in [3.63, 3.8) is 0 Å². The Labute approximate surface area is 130 Å². The van der Waals surface area contributed by atoms with Gasteiger partial charge in [-0.1, -0.05) is 55.3 Å². The average Bonchev–Trinajstić information content (AvgIpc) is 2.55. The molecule has 0 spiro atoms. The van der Waals surface area contributed by atoms with E-state index in [1.54, 1.807) is 0 Å². The van der Waals surface area contributed by atoms with Crippen molar-refractivity contribution in [2.45, 2.75) is 44.4 Å². The number of carbonyl (C=O) groups excluding carboxylic acids is 1. The van der Waals surface area contributed by atoms with Crippen LogP contribution in [0.2, 0.25) is 0 Å². The molecule has 0 heterocycles. The maximum Gasteiger partial charge on any atom is 0.315 e. The number of benzene rings is 2. The number of rotatable bonds is 3. The lowest BCUT2D eigenvalue weighted by Crippen LogP contribution is -2.48. The normalized spacial score (nSPS) is 21.5. The molecule has 0 aliphatic heterocycles. The fourth-order valence-electron chi connectivity index (χ4n) is 3.12. The van der Waals surface area contributed by atoms with Crippen molar-refractivity contribution in [1.29, 1.82) is 0 Å². The van der Waals surface area contributed by atoms with Gasteiger partial charge in [-0.2, -0.15) is 0 Å². The van der Waals surface area contributed by atoms with Gasteiger partial charge in [0.25, 0.3) is 0 Å². The van der Waals surface area contributed by atoms with E-state index in [0.29, 0.717) is 6.54 Å². The van der Waals surface area contributed by atoms with Crippen LogP contribution in [0.3, 0.4) is 0 Å². The molecule has 2 amide bonds. The predicted octanol–water partition coefficient (Wildman–Crippen LogP) is 2.94. The Morgan fingerprint density at radius 3 is 2.73 bits per heavy atom. The van der Waals surface area contributed by atoms with Crippen molar-refractivity contribution < 1.29 is 9.90 Å². The van der Waals surface area contributed by atoms with Crippen LogP contribution in [0.1, 0.15) is 31.2 Å². The van der Waals surface area contributed by atoms with E-state index in [9.17, 15) is 9.90 Å². The Hall–Kier alpha value is -2.07. The molecule has 4 nitrogen and oxygen atoms in total. The number of aliphatic hydroxyl groups excluding tert-OH is 1. The average molecular weight is 298 g/mol. The second-order valence-electron chi connectivity index (χ2n) is 5.92. The standard InChI is InChI=1S/C18H22N2O2/c21-17-11-4-3-10-16(17)20-18(22)19-12-14-8-5-7-13-6-1-2-9-15(13)14/h1-2,5-9,16-17,21H,3-4,10-12H2,(H2,19,20,22). The molecule has 1 fully saturated rings. The predicted molar refractivity (Wildman–Crippen MR) is 87.6 cm³/mol. The van der Waals surface area contributed by atoms with Gasteiger partial charge >= 0.3 is 6.03 Å². The van der Waals surface area contributed by atoms with E-state index < -0.39 is 6.10 Å². The number of aliphatic hydroxyl groups is 1. The van der Waals surface area contributed by atoms with Crippen molar-refractivity contribution in [2.24, 2.45) is 0 Å². The van der Waals surface area contributed by atoms with E-state index in [1.807, 2.05) is 24.3 Å². The van der Waals surface area contributed by atoms with Gasteiger partial charge in [0, 0.05) is 6.54 Å². The van der Waals surface area contributed by atoms with Crippen LogP contribution in [0.25, 0.3) is 10.8 Å². The molecule has 4 heteroatoms. The molecule has 0 radical (unpaired) electrons. The Bertz CT molecular complexity index is 651. The zero-order valence-corrected chi connectivity index (χ0v) is 12.6. The molecular formula is C18H22N2O2. The molecule has 0 aromatic heterocycles. The highest BCUT2D eigenvalue weighted by atomic mass is 16.3. The van der Waals surface area contributed by atoms with Crippen LogP contribution in [-0.2, 0) is 6.54 Å². The smallest absolute Gasteiger partial charge is 0.315 e. The zero-order valence-electron chi connectivity index (χ0n) is 12.6. The number of nitrogens with one attached hydrogen (secondary N) is 2. The molecule has 3 rings (SSSR count).